The van der Waals surface area contributed by atoms with Crippen molar-refractivity contribution < 1.29 is 42.7 Å². The number of hydrogen-bond acceptors (Lipinski definition) is 9. The Morgan fingerprint density at radius 3 is 1.29 bits per heavy atom. The number of rotatable bonds is 25. The molecule has 1 rings (SSSR count). The molecule has 0 unspecified atom stereocenters. The second-order valence-electron chi connectivity index (χ2n) is 7.03. The Balaban J connectivity index is 1.73. The lowest BCUT2D eigenvalue weighted by Crippen LogP contribution is -2.15. The molecule has 1 amide bonds. The average molecular weight is 613 g/mol. The molecule has 0 aliphatic rings. The summed E-state index contributed by atoms with van der Waals surface area (Å²) in [7, 11) is 0. The molecule has 10 nitrogen and oxygen atoms in total. The van der Waals surface area contributed by atoms with Gasteiger partial charge in [-0.05, 0) is 24.3 Å². The van der Waals surface area contributed by atoms with Gasteiger partial charge < -0.3 is 43.2 Å². The van der Waals surface area contributed by atoms with E-state index in [1.54, 1.807) is 24.3 Å². The van der Waals surface area contributed by atoms with Crippen molar-refractivity contribution in [2.45, 2.75) is 6.92 Å². The smallest absolute Gasteiger partial charge is 0.221 e. The van der Waals surface area contributed by atoms with E-state index in [9.17, 15) is 4.79 Å². The van der Waals surface area contributed by atoms with Crippen molar-refractivity contribution in [2.75, 3.05) is 109 Å². The highest BCUT2D eigenvalue weighted by Gasteiger charge is 1.98. The van der Waals surface area contributed by atoms with Gasteiger partial charge in [0.25, 0.3) is 0 Å². The van der Waals surface area contributed by atoms with Crippen molar-refractivity contribution in [1.29, 1.82) is 0 Å². The molecule has 11 heteroatoms. The lowest BCUT2D eigenvalue weighted by Gasteiger charge is -2.09. The van der Waals surface area contributed by atoms with Crippen LogP contribution in [0.25, 0.3) is 0 Å². The van der Waals surface area contributed by atoms with Gasteiger partial charge in [0.1, 0.15) is 12.4 Å². The maximum Gasteiger partial charge on any atom is 0.221 e. The fourth-order valence-electron chi connectivity index (χ4n) is 2.53. The van der Waals surface area contributed by atoms with E-state index in [0.29, 0.717) is 92.5 Å². The van der Waals surface area contributed by atoms with Crippen LogP contribution in [0.5, 0.6) is 5.75 Å². The lowest BCUT2D eigenvalue weighted by atomic mass is 10.3. The molecule has 1 aromatic carbocycles. The number of carbonyl (C=O) groups excluding carboxylic acids is 1. The summed E-state index contributed by atoms with van der Waals surface area (Å²) < 4.78 is 44.5. The zero-order valence-electron chi connectivity index (χ0n) is 20.7. The summed E-state index contributed by atoms with van der Waals surface area (Å²) in [5.41, 5.74) is 0.737. The number of anilines is 1. The molecule has 0 heterocycles. The van der Waals surface area contributed by atoms with Gasteiger partial charge >= 0.3 is 0 Å². The highest BCUT2D eigenvalue weighted by molar-refractivity contribution is 14.1. The minimum atomic E-state index is -0.103. The van der Waals surface area contributed by atoms with E-state index in [-0.39, 0.29) is 5.91 Å². The molecule has 202 valence electrons. The molecule has 0 fully saturated rings. The molecule has 0 atom stereocenters. The third-order valence-corrected chi connectivity index (χ3v) is 4.57. The van der Waals surface area contributed by atoms with E-state index in [2.05, 4.69) is 27.9 Å². The van der Waals surface area contributed by atoms with E-state index in [1.807, 2.05) is 0 Å². The third-order valence-electron chi connectivity index (χ3n) is 4.12. The maximum absolute atomic E-state index is 11.0. The summed E-state index contributed by atoms with van der Waals surface area (Å²) in [4.78, 5) is 11.0. The zero-order chi connectivity index (χ0) is 25.2. The molecule has 0 aliphatic carbocycles. The number of amides is 1. The largest absolute Gasteiger partial charge is 0.491 e. The summed E-state index contributed by atoms with van der Waals surface area (Å²) in [6.45, 7) is 9.59. The molecule has 1 aromatic rings. The summed E-state index contributed by atoms with van der Waals surface area (Å²) in [6, 6.07) is 7.19. The van der Waals surface area contributed by atoms with Gasteiger partial charge in [0, 0.05) is 17.0 Å². The minimum absolute atomic E-state index is 0.103. The van der Waals surface area contributed by atoms with Crippen molar-refractivity contribution in [1.82, 2.24) is 0 Å². The van der Waals surface area contributed by atoms with Crippen LogP contribution in [0.1, 0.15) is 6.92 Å². The number of carbonyl (C=O) groups is 1. The van der Waals surface area contributed by atoms with Crippen LogP contribution in [-0.4, -0.2) is 109 Å². The van der Waals surface area contributed by atoms with Gasteiger partial charge in [0.05, 0.1) is 92.5 Å². The Labute approximate surface area is 222 Å². The summed E-state index contributed by atoms with van der Waals surface area (Å²) in [6.07, 6.45) is 0. The number of alkyl halides is 1. The van der Waals surface area contributed by atoms with Gasteiger partial charge in [0.2, 0.25) is 5.91 Å². The first kappa shape index (κ1) is 32.0. The topological polar surface area (TPSA) is 103 Å². The molecule has 0 radical (unpaired) electrons. The van der Waals surface area contributed by atoms with Crippen LogP contribution in [0.3, 0.4) is 0 Å². The van der Waals surface area contributed by atoms with Crippen molar-refractivity contribution in [3.05, 3.63) is 24.3 Å². The van der Waals surface area contributed by atoms with Crippen LogP contribution in [0.15, 0.2) is 24.3 Å². The Morgan fingerprint density at radius 1 is 0.600 bits per heavy atom. The minimum Gasteiger partial charge on any atom is -0.491 e. The molecule has 0 aromatic heterocycles. The Kier molecular flexibility index (Phi) is 22.5. The van der Waals surface area contributed by atoms with E-state index >= 15 is 0 Å². The predicted molar refractivity (Wildman–Crippen MR) is 141 cm³/mol. The number of hydrogen-bond donors (Lipinski definition) is 1. The first-order valence-corrected chi connectivity index (χ1v) is 13.4. The number of ether oxygens (including phenoxy) is 8. The first-order valence-electron chi connectivity index (χ1n) is 11.8. The van der Waals surface area contributed by atoms with Gasteiger partial charge in [-0.15, -0.1) is 0 Å². The average Bonchev–Trinajstić information content (AvgIpc) is 2.85. The quantitative estimate of drug-likeness (QED) is 0.101. The second-order valence-corrected chi connectivity index (χ2v) is 8.11. The molecule has 0 saturated heterocycles. The van der Waals surface area contributed by atoms with Crippen LogP contribution in [0.2, 0.25) is 0 Å². The van der Waals surface area contributed by atoms with Crippen LogP contribution < -0.4 is 10.1 Å². The van der Waals surface area contributed by atoms with Crippen molar-refractivity contribution in [2.24, 2.45) is 0 Å². The molecule has 0 spiro atoms. The predicted octanol–water partition coefficient (Wildman–Crippen LogP) is 2.58. The molecular formula is C24H40INO9. The van der Waals surface area contributed by atoms with Gasteiger partial charge in [-0.25, -0.2) is 0 Å². The van der Waals surface area contributed by atoms with Crippen LogP contribution in [-0.2, 0) is 38.0 Å². The Morgan fingerprint density at radius 2 is 0.943 bits per heavy atom. The van der Waals surface area contributed by atoms with Gasteiger partial charge in [-0.1, -0.05) is 22.6 Å². The number of halogens is 1. The van der Waals surface area contributed by atoms with Crippen molar-refractivity contribution >= 4 is 34.2 Å². The molecular weight excluding hydrogens is 573 g/mol. The summed E-state index contributed by atoms with van der Waals surface area (Å²) in [5, 5.41) is 2.71. The fraction of sp³-hybridized carbons (Fsp3) is 0.708. The normalized spacial score (nSPS) is 11.0. The van der Waals surface area contributed by atoms with Gasteiger partial charge in [-0.3, -0.25) is 4.79 Å². The third kappa shape index (κ3) is 21.9. The standard InChI is InChI=1S/C24H40INO9/c1-22(27)26-23-2-4-24(5-3-23)35-21-20-34-19-18-33-17-16-32-15-14-31-13-12-30-11-10-29-9-8-28-7-6-25/h2-5H,6-21H2,1H3,(H,26,27). The van der Waals surface area contributed by atoms with Crippen molar-refractivity contribution in [3.8, 4) is 5.75 Å². The molecule has 0 saturated carbocycles. The fourth-order valence-corrected chi connectivity index (χ4v) is 2.84. The highest BCUT2D eigenvalue weighted by Crippen LogP contribution is 2.15. The van der Waals surface area contributed by atoms with Crippen molar-refractivity contribution in [3.63, 3.8) is 0 Å². The second kappa shape index (κ2) is 24.6. The first-order chi connectivity index (χ1) is 17.2. The van der Waals surface area contributed by atoms with Gasteiger partial charge in [-0.2, -0.15) is 0 Å². The zero-order valence-corrected chi connectivity index (χ0v) is 22.8. The summed E-state index contributed by atoms with van der Waals surface area (Å²) >= 11 is 2.27. The van der Waals surface area contributed by atoms with E-state index in [1.165, 1.54) is 6.92 Å². The monoisotopic (exact) mass is 613 g/mol. The van der Waals surface area contributed by atoms with E-state index in [4.69, 9.17) is 37.9 Å². The van der Waals surface area contributed by atoms with Crippen LogP contribution in [0, 0.1) is 0 Å². The highest BCUT2D eigenvalue weighted by atomic mass is 127. The molecule has 0 aliphatic heterocycles. The summed E-state index contributed by atoms with van der Waals surface area (Å²) in [5.74, 6) is 0.621. The Hall–Kier alpha value is -1.06. The molecule has 1 N–H and O–H groups in total. The maximum atomic E-state index is 11.0. The van der Waals surface area contributed by atoms with E-state index in [0.717, 1.165) is 22.5 Å². The number of nitrogens with one attached hydrogen (secondary N) is 1. The molecule has 35 heavy (non-hydrogen) atoms. The Bertz CT molecular complexity index is 607. The molecule has 0 bridgehead atoms. The SMILES string of the molecule is CC(=O)Nc1ccc(OCCOCCOCCOCCOCCOCCOCCOCCI)cc1. The van der Waals surface area contributed by atoms with Crippen LogP contribution in [0.4, 0.5) is 5.69 Å². The van der Waals surface area contributed by atoms with Crippen LogP contribution >= 0.6 is 22.6 Å². The van der Waals surface area contributed by atoms with E-state index < -0.39 is 0 Å². The lowest BCUT2D eigenvalue weighted by molar-refractivity contribution is -0.114. The number of benzene rings is 1. The van der Waals surface area contributed by atoms with Gasteiger partial charge in [0.15, 0.2) is 0 Å².